The van der Waals surface area contributed by atoms with E-state index < -0.39 is 0 Å². The van der Waals surface area contributed by atoms with E-state index in [9.17, 15) is 5.11 Å². The van der Waals surface area contributed by atoms with Gasteiger partial charge in [-0.15, -0.1) is 0 Å². The molecule has 0 aliphatic carbocycles. The molecule has 1 heterocycles. The predicted molar refractivity (Wildman–Crippen MR) is 77.3 cm³/mol. The number of aryl methyl sites for hydroxylation is 3. The van der Waals surface area contributed by atoms with Gasteiger partial charge in [0.05, 0.1) is 12.1 Å². The van der Waals surface area contributed by atoms with Gasteiger partial charge in [0, 0.05) is 17.5 Å². The van der Waals surface area contributed by atoms with Gasteiger partial charge < -0.3 is 9.67 Å². The molecule has 0 unspecified atom stereocenters. The number of halogens is 1. The summed E-state index contributed by atoms with van der Waals surface area (Å²) in [7, 11) is 0. The molecule has 0 fully saturated rings. The van der Waals surface area contributed by atoms with Crippen molar-refractivity contribution >= 4 is 22.5 Å². The summed E-state index contributed by atoms with van der Waals surface area (Å²) in [5.41, 5.74) is 4.55. The Morgan fingerprint density at radius 1 is 1.28 bits per heavy atom. The molecule has 1 N–H and O–H groups in total. The minimum atomic E-state index is -0.00302. The summed E-state index contributed by atoms with van der Waals surface area (Å²) in [6.07, 6.45) is 2.23. The first-order chi connectivity index (χ1) is 8.61. The lowest BCUT2D eigenvalue weighted by Crippen LogP contribution is -1.99. The lowest BCUT2D eigenvalue weighted by molar-refractivity contribution is 0.283. The van der Waals surface area contributed by atoms with Gasteiger partial charge >= 0.3 is 0 Å². The van der Waals surface area contributed by atoms with Crippen molar-refractivity contribution in [1.29, 1.82) is 0 Å². The molecule has 2 rings (SSSR count). The van der Waals surface area contributed by atoms with Crippen molar-refractivity contribution in [3.8, 4) is 0 Å². The van der Waals surface area contributed by atoms with Gasteiger partial charge in [-0.05, 0) is 31.4 Å². The molecular formula is C15H20ClNO. The second-order valence-corrected chi connectivity index (χ2v) is 5.19. The molecule has 1 aromatic carbocycles. The number of unbranched alkanes of at least 4 members (excludes halogenated alkanes) is 1. The molecule has 0 saturated carbocycles. The molecule has 1 aromatic heterocycles. The zero-order valence-electron chi connectivity index (χ0n) is 11.3. The number of aliphatic hydroxyl groups excluding tert-OH is 1. The van der Waals surface area contributed by atoms with Crippen LogP contribution in [-0.2, 0) is 13.2 Å². The Hall–Kier alpha value is -0.990. The van der Waals surface area contributed by atoms with Crippen LogP contribution in [0.4, 0.5) is 0 Å². The third-order valence-electron chi connectivity index (χ3n) is 3.68. The molecule has 2 aromatic rings. The highest BCUT2D eigenvalue weighted by Crippen LogP contribution is 2.33. The van der Waals surface area contributed by atoms with E-state index in [0.29, 0.717) is 5.15 Å². The summed E-state index contributed by atoms with van der Waals surface area (Å²) in [6.45, 7) is 7.31. The highest BCUT2D eigenvalue weighted by atomic mass is 35.5. The Labute approximate surface area is 113 Å². The van der Waals surface area contributed by atoms with E-state index >= 15 is 0 Å². The summed E-state index contributed by atoms with van der Waals surface area (Å²) >= 11 is 6.42. The summed E-state index contributed by atoms with van der Waals surface area (Å²) in [6, 6.07) is 4.16. The van der Waals surface area contributed by atoms with E-state index in [2.05, 4.69) is 37.5 Å². The van der Waals surface area contributed by atoms with Crippen LogP contribution in [0.25, 0.3) is 10.9 Å². The molecule has 0 saturated heterocycles. The van der Waals surface area contributed by atoms with E-state index in [1.165, 1.54) is 16.6 Å². The van der Waals surface area contributed by atoms with Crippen molar-refractivity contribution in [3.63, 3.8) is 0 Å². The van der Waals surface area contributed by atoms with Crippen LogP contribution in [0, 0.1) is 13.8 Å². The topological polar surface area (TPSA) is 25.2 Å². The number of rotatable bonds is 4. The van der Waals surface area contributed by atoms with Gasteiger partial charge in [0.25, 0.3) is 0 Å². The van der Waals surface area contributed by atoms with Gasteiger partial charge in [0.15, 0.2) is 0 Å². The van der Waals surface area contributed by atoms with E-state index in [1.807, 2.05) is 0 Å². The van der Waals surface area contributed by atoms with Gasteiger partial charge in [-0.25, -0.2) is 0 Å². The first-order valence-corrected chi connectivity index (χ1v) is 6.87. The number of benzene rings is 1. The Balaban J connectivity index is 2.73. The highest BCUT2D eigenvalue weighted by Gasteiger charge is 2.16. The number of hydrogen-bond acceptors (Lipinski definition) is 1. The van der Waals surface area contributed by atoms with Crippen molar-refractivity contribution in [1.82, 2.24) is 4.57 Å². The molecule has 18 heavy (non-hydrogen) atoms. The van der Waals surface area contributed by atoms with Crippen molar-refractivity contribution < 1.29 is 5.11 Å². The third-order valence-corrected chi connectivity index (χ3v) is 4.11. The van der Waals surface area contributed by atoms with Gasteiger partial charge in [0.2, 0.25) is 0 Å². The number of nitrogens with zero attached hydrogens (tertiary/aromatic N) is 1. The van der Waals surface area contributed by atoms with Gasteiger partial charge in [-0.2, -0.15) is 0 Å². The zero-order valence-corrected chi connectivity index (χ0v) is 12.0. The quantitative estimate of drug-likeness (QED) is 0.880. The fourth-order valence-corrected chi connectivity index (χ4v) is 2.77. The number of hydrogen-bond donors (Lipinski definition) is 1. The average Bonchev–Trinajstić information content (AvgIpc) is 2.64. The Morgan fingerprint density at radius 3 is 2.61 bits per heavy atom. The fraction of sp³-hybridized carbons (Fsp3) is 0.467. The number of fused-ring (bicyclic) bond motifs is 1. The van der Waals surface area contributed by atoms with Crippen molar-refractivity contribution in [2.24, 2.45) is 0 Å². The molecule has 0 aliphatic heterocycles. The molecule has 0 spiro atoms. The van der Waals surface area contributed by atoms with E-state index in [4.69, 9.17) is 11.6 Å². The molecule has 0 atom stereocenters. The monoisotopic (exact) mass is 265 g/mol. The van der Waals surface area contributed by atoms with Crippen LogP contribution >= 0.6 is 11.6 Å². The maximum absolute atomic E-state index is 9.52. The molecular weight excluding hydrogens is 246 g/mol. The first kappa shape index (κ1) is 13.4. The first-order valence-electron chi connectivity index (χ1n) is 6.49. The van der Waals surface area contributed by atoms with E-state index in [0.717, 1.165) is 30.3 Å². The SMILES string of the molecule is CCCCn1c(Cl)c(CO)c2ccc(C)c(C)c21. The molecule has 0 radical (unpaired) electrons. The number of aliphatic hydroxyl groups is 1. The average molecular weight is 266 g/mol. The van der Waals surface area contributed by atoms with E-state index in [-0.39, 0.29) is 6.61 Å². The van der Waals surface area contributed by atoms with Crippen LogP contribution < -0.4 is 0 Å². The second kappa shape index (κ2) is 5.33. The van der Waals surface area contributed by atoms with Crippen LogP contribution in [0.3, 0.4) is 0 Å². The van der Waals surface area contributed by atoms with Gasteiger partial charge in [0.1, 0.15) is 5.15 Å². The van der Waals surface area contributed by atoms with E-state index in [1.54, 1.807) is 0 Å². The molecule has 3 heteroatoms. The lowest BCUT2D eigenvalue weighted by Gasteiger charge is -2.09. The Kier molecular flexibility index (Phi) is 3.98. The Bertz CT molecular complexity index is 572. The normalized spacial score (nSPS) is 11.4. The summed E-state index contributed by atoms with van der Waals surface area (Å²) in [4.78, 5) is 0. The molecule has 2 nitrogen and oxygen atoms in total. The van der Waals surface area contributed by atoms with Crippen LogP contribution in [0.15, 0.2) is 12.1 Å². The fourth-order valence-electron chi connectivity index (χ4n) is 2.44. The molecule has 0 amide bonds. The maximum Gasteiger partial charge on any atom is 0.115 e. The zero-order chi connectivity index (χ0) is 13.3. The van der Waals surface area contributed by atoms with Gasteiger partial charge in [-0.3, -0.25) is 0 Å². The maximum atomic E-state index is 9.52. The Morgan fingerprint density at radius 2 is 2.00 bits per heavy atom. The molecule has 0 aliphatic rings. The van der Waals surface area contributed by atoms with Crippen LogP contribution in [0.2, 0.25) is 5.15 Å². The highest BCUT2D eigenvalue weighted by molar-refractivity contribution is 6.32. The third kappa shape index (κ3) is 2.04. The minimum absolute atomic E-state index is 0.00302. The van der Waals surface area contributed by atoms with Crippen molar-refractivity contribution in [2.45, 2.75) is 46.8 Å². The minimum Gasteiger partial charge on any atom is -0.392 e. The summed E-state index contributed by atoms with van der Waals surface area (Å²) in [5.74, 6) is 0. The lowest BCUT2D eigenvalue weighted by atomic mass is 10.0. The van der Waals surface area contributed by atoms with Crippen LogP contribution in [0.5, 0.6) is 0 Å². The summed E-state index contributed by atoms with van der Waals surface area (Å²) < 4.78 is 2.15. The smallest absolute Gasteiger partial charge is 0.115 e. The largest absolute Gasteiger partial charge is 0.392 e. The standard InChI is InChI=1S/C15H20ClNO/c1-4-5-8-17-14-11(3)10(2)6-7-12(14)13(9-18)15(17)16/h6-7,18H,4-5,8-9H2,1-3H3. The second-order valence-electron chi connectivity index (χ2n) is 4.84. The van der Waals surface area contributed by atoms with Crippen LogP contribution in [0.1, 0.15) is 36.5 Å². The van der Waals surface area contributed by atoms with Crippen molar-refractivity contribution in [2.75, 3.05) is 0 Å². The van der Waals surface area contributed by atoms with Crippen LogP contribution in [-0.4, -0.2) is 9.67 Å². The predicted octanol–water partition coefficient (Wildman–Crippen LogP) is 4.20. The number of aromatic nitrogens is 1. The molecule has 0 bridgehead atoms. The van der Waals surface area contributed by atoms with Gasteiger partial charge in [-0.1, -0.05) is 37.1 Å². The van der Waals surface area contributed by atoms with Crippen molar-refractivity contribution in [3.05, 3.63) is 34.0 Å². The summed E-state index contributed by atoms with van der Waals surface area (Å²) in [5, 5.41) is 11.3. The molecule has 98 valence electrons.